The van der Waals surface area contributed by atoms with Crippen molar-refractivity contribution in [3.63, 3.8) is 0 Å². The van der Waals surface area contributed by atoms with Gasteiger partial charge < -0.3 is 15.7 Å². The van der Waals surface area contributed by atoms with Crippen molar-refractivity contribution in [3.05, 3.63) is 30.1 Å². The summed E-state index contributed by atoms with van der Waals surface area (Å²) < 4.78 is 49.1. The van der Waals surface area contributed by atoms with Crippen molar-refractivity contribution in [1.82, 2.24) is 5.32 Å². The van der Waals surface area contributed by atoms with Crippen LogP contribution in [-0.2, 0) is 9.59 Å². The van der Waals surface area contributed by atoms with E-state index in [1.54, 1.807) is 0 Å². The van der Waals surface area contributed by atoms with E-state index in [2.05, 4.69) is 0 Å². The molecule has 0 saturated carbocycles. The van der Waals surface area contributed by atoms with Gasteiger partial charge in [-0.2, -0.15) is 13.2 Å². The third kappa shape index (κ3) is 5.38. The Hall–Kier alpha value is -2.16. The zero-order valence-electron chi connectivity index (χ0n) is 10.6. The summed E-state index contributed by atoms with van der Waals surface area (Å²) >= 11 is 0. The zero-order valence-corrected chi connectivity index (χ0v) is 10.6. The predicted molar refractivity (Wildman–Crippen MR) is 64.7 cm³/mol. The van der Waals surface area contributed by atoms with E-state index in [0.717, 1.165) is 6.07 Å². The Bertz CT molecular complexity index is 519. The van der Waals surface area contributed by atoms with Crippen LogP contribution in [-0.4, -0.2) is 35.7 Å². The first-order chi connectivity index (χ1) is 9.71. The molecule has 0 heterocycles. The molecule has 0 aromatic heterocycles. The first kappa shape index (κ1) is 16.9. The van der Waals surface area contributed by atoms with Crippen LogP contribution in [0.15, 0.2) is 24.3 Å². The minimum Gasteiger partial charge on any atom is -0.384 e. The molecule has 1 unspecified atom stereocenters. The van der Waals surface area contributed by atoms with Crippen LogP contribution in [0.1, 0.15) is 6.42 Å². The minimum absolute atomic E-state index is 0.229. The van der Waals surface area contributed by atoms with Gasteiger partial charge in [-0.3, -0.25) is 9.59 Å². The maximum absolute atomic E-state index is 13.2. The Kier molecular flexibility index (Phi) is 5.65. The number of hydrogen-bond donors (Lipinski definition) is 3. The lowest BCUT2D eigenvalue weighted by Crippen LogP contribution is -2.39. The van der Waals surface area contributed by atoms with E-state index in [4.69, 9.17) is 5.11 Å². The zero-order chi connectivity index (χ0) is 16.0. The molecule has 0 aliphatic heterocycles. The van der Waals surface area contributed by atoms with Gasteiger partial charge in [0, 0.05) is 6.54 Å². The van der Waals surface area contributed by atoms with Gasteiger partial charge in [-0.05, 0) is 18.6 Å². The second kappa shape index (κ2) is 7.02. The molecule has 5 nitrogen and oxygen atoms in total. The summed E-state index contributed by atoms with van der Waals surface area (Å²) in [6.45, 7) is -0.551. The smallest absolute Gasteiger partial charge is 0.384 e. The van der Waals surface area contributed by atoms with Crippen LogP contribution >= 0.6 is 0 Å². The standard InChI is InChI=1S/C12H12F4N2O3/c13-7-3-1-2-4-8(7)18-11(21)10(20)17-6-5-9(19)12(14,15)16/h1-4,9,19H,5-6H2,(H,17,20)(H,18,21). The summed E-state index contributed by atoms with van der Waals surface area (Å²) in [6, 6.07) is 5.08. The van der Waals surface area contributed by atoms with Gasteiger partial charge in [0.25, 0.3) is 0 Å². The number of benzene rings is 1. The van der Waals surface area contributed by atoms with Crippen molar-refractivity contribution in [2.75, 3.05) is 11.9 Å². The molecule has 0 saturated heterocycles. The molecular weight excluding hydrogens is 296 g/mol. The number of carbonyl (C=O) groups is 2. The number of aliphatic hydroxyl groups is 1. The summed E-state index contributed by atoms with van der Waals surface area (Å²) in [6.07, 6.45) is -8.17. The van der Waals surface area contributed by atoms with E-state index in [1.165, 1.54) is 18.2 Å². The monoisotopic (exact) mass is 308 g/mol. The van der Waals surface area contributed by atoms with Gasteiger partial charge in [0.15, 0.2) is 6.10 Å². The van der Waals surface area contributed by atoms with Crippen molar-refractivity contribution in [1.29, 1.82) is 0 Å². The van der Waals surface area contributed by atoms with Gasteiger partial charge in [-0.15, -0.1) is 0 Å². The summed E-state index contributed by atoms with van der Waals surface area (Å²) in [7, 11) is 0. The Morgan fingerprint density at radius 3 is 2.38 bits per heavy atom. The summed E-state index contributed by atoms with van der Waals surface area (Å²) in [5.41, 5.74) is -0.229. The Morgan fingerprint density at radius 2 is 1.81 bits per heavy atom. The Morgan fingerprint density at radius 1 is 1.19 bits per heavy atom. The summed E-state index contributed by atoms with van der Waals surface area (Å²) in [5.74, 6) is -3.21. The fourth-order valence-corrected chi connectivity index (χ4v) is 1.31. The maximum atomic E-state index is 13.2. The van der Waals surface area contributed by atoms with Crippen molar-refractivity contribution in [2.45, 2.75) is 18.7 Å². The maximum Gasteiger partial charge on any atom is 0.414 e. The predicted octanol–water partition coefficient (Wildman–Crippen LogP) is 1.19. The number of carbonyl (C=O) groups excluding carboxylic acids is 2. The summed E-state index contributed by atoms with van der Waals surface area (Å²) in [4.78, 5) is 22.6. The molecule has 0 aliphatic rings. The van der Waals surface area contributed by atoms with Crippen LogP contribution in [0.3, 0.4) is 0 Å². The number of anilines is 1. The highest BCUT2D eigenvalue weighted by atomic mass is 19.4. The number of aliphatic hydroxyl groups excluding tert-OH is 1. The van der Waals surface area contributed by atoms with Gasteiger partial charge in [0.2, 0.25) is 0 Å². The second-order valence-corrected chi connectivity index (χ2v) is 4.04. The van der Waals surface area contributed by atoms with Crippen LogP contribution < -0.4 is 10.6 Å². The number of nitrogens with one attached hydrogen (secondary N) is 2. The lowest BCUT2D eigenvalue weighted by molar-refractivity contribution is -0.205. The molecule has 0 spiro atoms. The first-order valence-corrected chi connectivity index (χ1v) is 5.80. The molecule has 21 heavy (non-hydrogen) atoms. The van der Waals surface area contributed by atoms with E-state index in [1.807, 2.05) is 10.6 Å². The van der Waals surface area contributed by atoms with Crippen LogP contribution in [0, 0.1) is 5.82 Å². The third-order valence-corrected chi connectivity index (χ3v) is 2.41. The second-order valence-electron chi connectivity index (χ2n) is 4.04. The molecular formula is C12H12F4N2O3. The molecule has 9 heteroatoms. The van der Waals surface area contributed by atoms with Crippen LogP contribution in [0.2, 0.25) is 0 Å². The van der Waals surface area contributed by atoms with Gasteiger partial charge in [0.05, 0.1) is 5.69 Å². The summed E-state index contributed by atoms with van der Waals surface area (Å²) in [5, 5.41) is 12.5. The van der Waals surface area contributed by atoms with E-state index in [0.29, 0.717) is 0 Å². The fourth-order valence-electron chi connectivity index (χ4n) is 1.31. The molecule has 1 rings (SSSR count). The van der Waals surface area contributed by atoms with Gasteiger partial charge in [-0.1, -0.05) is 12.1 Å². The Labute approximate surface area is 117 Å². The first-order valence-electron chi connectivity index (χ1n) is 5.80. The van der Waals surface area contributed by atoms with Crippen molar-refractivity contribution >= 4 is 17.5 Å². The molecule has 3 N–H and O–H groups in total. The quantitative estimate of drug-likeness (QED) is 0.577. The lowest BCUT2D eigenvalue weighted by atomic mass is 10.2. The minimum atomic E-state index is -4.79. The molecule has 1 aromatic rings. The third-order valence-electron chi connectivity index (χ3n) is 2.41. The van der Waals surface area contributed by atoms with E-state index in [9.17, 15) is 27.2 Å². The Balaban J connectivity index is 2.42. The molecule has 0 radical (unpaired) electrons. The SMILES string of the molecule is O=C(NCCC(O)C(F)(F)F)C(=O)Nc1ccccc1F. The lowest BCUT2D eigenvalue weighted by Gasteiger charge is -2.14. The highest BCUT2D eigenvalue weighted by Crippen LogP contribution is 2.21. The van der Waals surface area contributed by atoms with E-state index in [-0.39, 0.29) is 5.69 Å². The van der Waals surface area contributed by atoms with Gasteiger partial charge in [0.1, 0.15) is 5.82 Å². The largest absolute Gasteiger partial charge is 0.414 e. The number of hydrogen-bond acceptors (Lipinski definition) is 3. The van der Waals surface area contributed by atoms with Gasteiger partial charge >= 0.3 is 18.0 Å². The van der Waals surface area contributed by atoms with Crippen molar-refractivity contribution in [3.8, 4) is 0 Å². The average Bonchev–Trinajstić information content (AvgIpc) is 2.39. The number of alkyl halides is 3. The van der Waals surface area contributed by atoms with Crippen molar-refractivity contribution in [2.24, 2.45) is 0 Å². The number of para-hydroxylation sites is 1. The number of rotatable bonds is 4. The molecule has 1 atom stereocenters. The molecule has 1 aromatic carbocycles. The highest BCUT2D eigenvalue weighted by molar-refractivity contribution is 6.39. The fraction of sp³-hybridized carbons (Fsp3) is 0.333. The average molecular weight is 308 g/mol. The number of halogens is 4. The van der Waals surface area contributed by atoms with Crippen LogP contribution in [0.5, 0.6) is 0 Å². The van der Waals surface area contributed by atoms with Gasteiger partial charge in [-0.25, -0.2) is 4.39 Å². The molecule has 0 fully saturated rings. The molecule has 116 valence electrons. The van der Waals surface area contributed by atoms with E-state index < -0.39 is 42.9 Å². The molecule has 2 amide bonds. The molecule has 0 aliphatic carbocycles. The van der Waals surface area contributed by atoms with Crippen molar-refractivity contribution < 1.29 is 32.3 Å². The molecule has 0 bridgehead atoms. The highest BCUT2D eigenvalue weighted by Gasteiger charge is 2.37. The van der Waals surface area contributed by atoms with Crippen LogP contribution in [0.25, 0.3) is 0 Å². The topological polar surface area (TPSA) is 78.4 Å². The number of amides is 2. The van der Waals surface area contributed by atoms with E-state index >= 15 is 0 Å². The van der Waals surface area contributed by atoms with Crippen LogP contribution in [0.4, 0.5) is 23.2 Å². The normalized spacial score (nSPS) is 12.6.